The molecule has 1 nitrogen and oxygen atoms in total. The number of aryl methyl sites for hydroxylation is 1. The molecule has 0 heterocycles. The topological polar surface area (TPSA) is 12.0 Å². The molecule has 0 aromatic heterocycles. The van der Waals surface area contributed by atoms with Crippen molar-refractivity contribution in [2.45, 2.75) is 32.7 Å². The van der Waals surface area contributed by atoms with E-state index in [-0.39, 0.29) is 0 Å². The standard InChI is InChI=1S/C18H22BrN/c1-3-11-20-18(16-9-7-14(2)8-10-16)13-15-5-4-6-17(19)12-15/h4-10,12,18,20H,3,11,13H2,1-2H3. The number of rotatable bonds is 6. The van der Waals surface area contributed by atoms with Crippen LogP contribution in [0.2, 0.25) is 0 Å². The quantitative estimate of drug-likeness (QED) is 0.781. The fourth-order valence-corrected chi connectivity index (χ4v) is 2.77. The molecule has 2 heteroatoms. The summed E-state index contributed by atoms with van der Waals surface area (Å²) in [5.74, 6) is 0. The summed E-state index contributed by atoms with van der Waals surface area (Å²) in [6.45, 7) is 5.39. The molecule has 2 aromatic carbocycles. The zero-order chi connectivity index (χ0) is 14.4. The van der Waals surface area contributed by atoms with Gasteiger partial charge in [-0.2, -0.15) is 0 Å². The van der Waals surface area contributed by atoms with Crippen LogP contribution in [0.3, 0.4) is 0 Å². The minimum absolute atomic E-state index is 0.379. The molecule has 0 saturated carbocycles. The van der Waals surface area contributed by atoms with E-state index in [1.165, 1.54) is 16.7 Å². The Labute approximate surface area is 130 Å². The van der Waals surface area contributed by atoms with Crippen molar-refractivity contribution in [1.82, 2.24) is 5.32 Å². The molecule has 0 aliphatic carbocycles. The van der Waals surface area contributed by atoms with E-state index in [9.17, 15) is 0 Å². The molecular formula is C18H22BrN. The molecule has 1 atom stereocenters. The molecule has 0 bridgehead atoms. The summed E-state index contributed by atoms with van der Waals surface area (Å²) in [4.78, 5) is 0. The van der Waals surface area contributed by atoms with Gasteiger partial charge in [0.1, 0.15) is 0 Å². The maximum absolute atomic E-state index is 3.66. The van der Waals surface area contributed by atoms with Crippen LogP contribution in [0.25, 0.3) is 0 Å². The van der Waals surface area contributed by atoms with Gasteiger partial charge in [0.05, 0.1) is 0 Å². The van der Waals surface area contributed by atoms with E-state index < -0.39 is 0 Å². The lowest BCUT2D eigenvalue weighted by Crippen LogP contribution is -2.24. The van der Waals surface area contributed by atoms with E-state index >= 15 is 0 Å². The highest BCUT2D eigenvalue weighted by atomic mass is 79.9. The normalized spacial score (nSPS) is 12.3. The smallest absolute Gasteiger partial charge is 0.0360 e. The van der Waals surface area contributed by atoms with Gasteiger partial charge in [-0.25, -0.2) is 0 Å². The third-order valence-corrected chi connectivity index (χ3v) is 3.94. The second kappa shape index (κ2) is 7.61. The summed E-state index contributed by atoms with van der Waals surface area (Å²) in [5.41, 5.74) is 4.03. The van der Waals surface area contributed by atoms with Crippen LogP contribution in [0, 0.1) is 6.92 Å². The van der Waals surface area contributed by atoms with E-state index in [2.05, 4.69) is 83.6 Å². The Hall–Kier alpha value is -1.12. The zero-order valence-corrected chi connectivity index (χ0v) is 13.8. The number of hydrogen-bond acceptors (Lipinski definition) is 1. The maximum Gasteiger partial charge on any atom is 0.0360 e. The highest BCUT2D eigenvalue weighted by Gasteiger charge is 2.11. The Kier molecular flexibility index (Phi) is 5.81. The van der Waals surface area contributed by atoms with Gasteiger partial charge in [-0.05, 0) is 49.6 Å². The van der Waals surface area contributed by atoms with Gasteiger partial charge in [-0.15, -0.1) is 0 Å². The summed E-state index contributed by atoms with van der Waals surface area (Å²) in [5, 5.41) is 3.66. The number of hydrogen-bond donors (Lipinski definition) is 1. The van der Waals surface area contributed by atoms with Gasteiger partial charge in [0.2, 0.25) is 0 Å². The summed E-state index contributed by atoms with van der Waals surface area (Å²) in [7, 11) is 0. The van der Waals surface area contributed by atoms with Gasteiger partial charge >= 0.3 is 0 Å². The SMILES string of the molecule is CCCNC(Cc1cccc(Br)c1)c1ccc(C)cc1. The molecule has 2 aromatic rings. The van der Waals surface area contributed by atoms with E-state index in [1.807, 2.05) is 0 Å². The van der Waals surface area contributed by atoms with E-state index in [0.29, 0.717) is 6.04 Å². The average molecular weight is 332 g/mol. The van der Waals surface area contributed by atoms with Gasteiger partial charge in [-0.1, -0.05) is 64.8 Å². The highest BCUT2D eigenvalue weighted by Crippen LogP contribution is 2.21. The van der Waals surface area contributed by atoms with Crippen LogP contribution in [0.15, 0.2) is 53.0 Å². The van der Waals surface area contributed by atoms with Crippen LogP contribution < -0.4 is 5.32 Å². The van der Waals surface area contributed by atoms with Gasteiger partial charge in [-0.3, -0.25) is 0 Å². The van der Waals surface area contributed by atoms with E-state index in [0.717, 1.165) is 23.9 Å². The van der Waals surface area contributed by atoms with Crippen molar-refractivity contribution in [3.8, 4) is 0 Å². The van der Waals surface area contributed by atoms with Crippen molar-refractivity contribution in [1.29, 1.82) is 0 Å². The molecule has 0 saturated heterocycles. The maximum atomic E-state index is 3.66. The minimum Gasteiger partial charge on any atom is -0.310 e. The van der Waals surface area contributed by atoms with E-state index in [4.69, 9.17) is 0 Å². The Morgan fingerprint density at radius 2 is 1.85 bits per heavy atom. The first-order chi connectivity index (χ1) is 9.69. The van der Waals surface area contributed by atoms with Crippen molar-refractivity contribution in [3.05, 3.63) is 69.7 Å². The lowest BCUT2D eigenvalue weighted by atomic mass is 9.98. The monoisotopic (exact) mass is 331 g/mol. The summed E-state index contributed by atoms with van der Waals surface area (Å²) < 4.78 is 1.15. The molecular weight excluding hydrogens is 310 g/mol. The third-order valence-electron chi connectivity index (χ3n) is 3.45. The van der Waals surface area contributed by atoms with Crippen LogP contribution in [0.1, 0.15) is 36.1 Å². The highest BCUT2D eigenvalue weighted by molar-refractivity contribution is 9.10. The molecule has 1 N–H and O–H groups in total. The summed E-state index contributed by atoms with van der Waals surface area (Å²) >= 11 is 3.55. The van der Waals surface area contributed by atoms with Gasteiger partial charge in [0, 0.05) is 10.5 Å². The fraction of sp³-hybridized carbons (Fsp3) is 0.333. The fourth-order valence-electron chi connectivity index (χ4n) is 2.32. The van der Waals surface area contributed by atoms with E-state index in [1.54, 1.807) is 0 Å². The van der Waals surface area contributed by atoms with Gasteiger partial charge in [0.25, 0.3) is 0 Å². The second-order valence-corrected chi connectivity index (χ2v) is 6.17. The largest absolute Gasteiger partial charge is 0.310 e. The molecule has 0 radical (unpaired) electrons. The summed E-state index contributed by atoms with van der Waals surface area (Å²) in [6, 6.07) is 17.8. The van der Waals surface area contributed by atoms with Gasteiger partial charge in [0.15, 0.2) is 0 Å². The van der Waals surface area contributed by atoms with Gasteiger partial charge < -0.3 is 5.32 Å². The molecule has 106 valence electrons. The Balaban J connectivity index is 2.16. The van der Waals surface area contributed by atoms with Crippen LogP contribution in [0.5, 0.6) is 0 Å². The first-order valence-corrected chi connectivity index (χ1v) is 8.02. The molecule has 1 unspecified atom stereocenters. The molecule has 0 aliphatic rings. The second-order valence-electron chi connectivity index (χ2n) is 5.25. The van der Waals surface area contributed by atoms with Crippen LogP contribution >= 0.6 is 15.9 Å². The zero-order valence-electron chi connectivity index (χ0n) is 12.2. The van der Waals surface area contributed by atoms with Crippen molar-refractivity contribution < 1.29 is 0 Å². The lowest BCUT2D eigenvalue weighted by Gasteiger charge is -2.19. The predicted octanol–water partition coefficient (Wildman–Crippen LogP) is 5.04. The first kappa shape index (κ1) is 15.3. The lowest BCUT2D eigenvalue weighted by molar-refractivity contribution is 0.529. The van der Waals surface area contributed by atoms with Crippen LogP contribution in [0.4, 0.5) is 0 Å². The summed E-state index contributed by atoms with van der Waals surface area (Å²) in [6.07, 6.45) is 2.17. The molecule has 2 rings (SSSR count). The number of halogens is 1. The van der Waals surface area contributed by atoms with Crippen molar-refractivity contribution in [3.63, 3.8) is 0 Å². The van der Waals surface area contributed by atoms with Crippen molar-refractivity contribution >= 4 is 15.9 Å². The predicted molar refractivity (Wildman–Crippen MR) is 90.1 cm³/mol. The molecule has 20 heavy (non-hydrogen) atoms. The van der Waals surface area contributed by atoms with Crippen molar-refractivity contribution in [2.75, 3.05) is 6.54 Å². The molecule has 0 aliphatic heterocycles. The number of benzene rings is 2. The van der Waals surface area contributed by atoms with Crippen molar-refractivity contribution in [2.24, 2.45) is 0 Å². The Morgan fingerprint density at radius 1 is 1.10 bits per heavy atom. The Bertz CT molecular complexity index is 533. The van der Waals surface area contributed by atoms with Crippen LogP contribution in [-0.2, 0) is 6.42 Å². The molecule has 0 fully saturated rings. The number of nitrogens with one attached hydrogen (secondary N) is 1. The first-order valence-electron chi connectivity index (χ1n) is 7.23. The van der Waals surface area contributed by atoms with Crippen LogP contribution in [-0.4, -0.2) is 6.54 Å². The molecule has 0 spiro atoms. The molecule has 0 amide bonds. The third kappa shape index (κ3) is 4.46. The Morgan fingerprint density at radius 3 is 2.50 bits per heavy atom. The minimum atomic E-state index is 0.379. The average Bonchev–Trinajstić information content (AvgIpc) is 2.44.